The average molecular weight is 391 g/mol. The van der Waals surface area contributed by atoms with Gasteiger partial charge >= 0.3 is 0 Å². The van der Waals surface area contributed by atoms with Gasteiger partial charge in [-0.1, -0.05) is 24.3 Å². The Morgan fingerprint density at radius 1 is 1.23 bits per heavy atom. The Morgan fingerprint density at radius 3 is 2.58 bits per heavy atom. The van der Waals surface area contributed by atoms with Gasteiger partial charge in [0.1, 0.15) is 10.9 Å². The molecular formula is C19H22N2O3S2. The minimum Gasteiger partial charge on any atom is -0.380 e. The van der Waals surface area contributed by atoms with E-state index >= 15 is 0 Å². The highest BCUT2D eigenvalue weighted by atomic mass is 32.2. The van der Waals surface area contributed by atoms with Gasteiger partial charge in [0.15, 0.2) is 0 Å². The summed E-state index contributed by atoms with van der Waals surface area (Å²) in [6.45, 7) is 4.36. The van der Waals surface area contributed by atoms with E-state index in [1.165, 1.54) is 11.3 Å². The van der Waals surface area contributed by atoms with Crippen molar-refractivity contribution in [3.8, 4) is 16.5 Å². The standard InChI is InChI=1S/C19H22N2O3S2/c1-13(2)26(22,23)21-18-12-24-10-9-17(18)14-3-5-15(6-4-14)19-8-7-16(11-20)25-19/h3-8,13,17-18,21H,9-10,12H2,1-2H3/t17-,18+/m1/s1. The average Bonchev–Trinajstić information content (AvgIpc) is 3.11. The molecule has 0 aliphatic carbocycles. The van der Waals surface area contributed by atoms with Crippen LogP contribution < -0.4 is 4.72 Å². The predicted molar refractivity (Wildman–Crippen MR) is 104 cm³/mol. The molecule has 2 heterocycles. The molecule has 1 saturated heterocycles. The molecule has 26 heavy (non-hydrogen) atoms. The minimum absolute atomic E-state index is 0.0873. The molecule has 0 amide bonds. The lowest BCUT2D eigenvalue weighted by molar-refractivity contribution is 0.0644. The molecule has 1 N–H and O–H groups in total. The van der Waals surface area contributed by atoms with Crippen LogP contribution in [0.3, 0.4) is 0 Å². The van der Waals surface area contributed by atoms with E-state index in [1.54, 1.807) is 13.8 Å². The van der Waals surface area contributed by atoms with Gasteiger partial charge in [-0.2, -0.15) is 5.26 Å². The normalized spacial score (nSPS) is 20.8. The Labute approximate surface area is 158 Å². The molecule has 1 aromatic heterocycles. The van der Waals surface area contributed by atoms with Crippen LogP contribution >= 0.6 is 11.3 Å². The molecule has 0 saturated carbocycles. The van der Waals surface area contributed by atoms with E-state index < -0.39 is 15.3 Å². The van der Waals surface area contributed by atoms with Crippen molar-refractivity contribution in [2.45, 2.75) is 37.5 Å². The number of thiophene rings is 1. The summed E-state index contributed by atoms with van der Waals surface area (Å²) in [6.07, 6.45) is 0.780. The Morgan fingerprint density at radius 2 is 1.96 bits per heavy atom. The van der Waals surface area contributed by atoms with Crippen molar-refractivity contribution >= 4 is 21.4 Å². The van der Waals surface area contributed by atoms with Crippen molar-refractivity contribution in [3.05, 3.63) is 46.8 Å². The summed E-state index contributed by atoms with van der Waals surface area (Å²) < 4.78 is 32.8. The van der Waals surface area contributed by atoms with Crippen molar-refractivity contribution in [3.63, 3.8) is 0 Å². The van der Waals surface area contributed by atoms with Gasteiger partial charge in [-0.3, -0.25) is 0 Å². The minimum atomic E-state index is -3.35. The second-order valence-corrected chi connectivity index (χ2v) is 10.0. The third kappa shape index (κ3) is 4.15. The highest BCUT2D eigenvalue weighted by Crippen LogP contribution is 2.32. The van der Waals surface area contributed by atoms with E-state index in [4.69, 9.17) is 10.00 Å². The van der Waals surface area contributed by atoms with Crippen molar-refractivity contribution in [1.82, 2.24) is 4.72 Å². The molecule has 1 fully saturated rings. The second-order valence-electron chi connectivity index (χ2n) is 6.69. The predicted octanol–water partition coefficient (Wildman–Crippen LogP) is 3.49. The lowest BCUT2D eigenvalue weighted by atomic mass is 9.87. The lowest BCUT2D eigenvalue weighted by Gasteiger charge is -2.33. The summed E-state index contributed by atoms with van der Waals surface area (Å²) in [6, 6.07) is 13.8. The van der Waals surface area contributed by atoms with Crippen LogP contribution in [0.1, 0.15) is 36.6 Å². The number of rotatable bonds is 5. The largest absolute Gasteiger partial charge is 0.380 e. The molecule has 7 heteroatoms. The quantitative estimate of drug-likeness (QED) is 0.848. The van der Waals surface area contributed by atoms with Gasteiger partial charge < -0.3 is 4.74 Å². The van der Waals surface area contributed by atoms with Gasteiger partial charge in [-0.15, -0.1) is 11.3 Å². The number of sulfonamides is 1. The van der Waals surface area contributed by atoms with Crippen LogP contribution in [-0.4, -0.2) is 32.9 Å². The van der Waals surface area contributed by atoms with E-state index in [0.717, 1.165) is 22.4 Å². The van der Waals surface area contributed by atoms with Gasteiger partial charge in [0.05, 0.1) is 17.9 Å². The zero-order chi connectivity index (χ0) is 18.7. The van der Waals surface area contributed by atoms with Crippen LogP contribution in [-0.2, 0) is 14.8 Å². The summed E-state index contributed by atoms with van der Waals surface area (Å²) >= 11 is 1.47. The van der Waals surface area contributed by atoms with E-state index in [2.05, 4.69) is 10.8 Å². The molecule has 138 valence electrons. The van der Waals surface area contributed by atoms with Crippen LogP contribution in [0.5, 0.6) is 0 Å². The van der Waals surface area contributed by atoms with E-state index in [-0.39, 0.29) is 12.0 Å². The van der Waals surface area contributed by atoms with Crippen molar-refractivity contribution < 1.29 is 13.2 Å². The van der Waals surface area contributed by atoms with E-state index in [1.807, 2.05) is 36.4 Å². The molecular weight excluding hydrogens is 368 g/mol. The van der Waals surface area contributed by atoms with Gasteiger partial charge in [0.25, 0.3) is 0 Å². The Balaban J connectivity index is 1.81. The maximum Gasteiger partial charge on any atom is 0.214 e. The molecule has 3 rings (SSSR count). The molecule has 0 spiro atoms. The first-order valence-corrected chi connectivity index (χ1v) is 11.0. The zero-order valence-corrected chi connectivity index (χ0v) is 16.4. The van der Waals surface area contributed by atoms with Crippen LogP contribution in [0.2, 0.25) is 0 Å². The van der Waals surface area contributed by atoms with Crippen LogP contribution in [0.4, 0.5) is 0 Å². The Kier molecular flexibility index (Phi) is 5.78. The molecule has 2 atom stereocenters. The number of hydrogen-bond donors (Lipinski definition) is 1. The van der Waals surface area contributed by atoms with Crippen molar-refractivity contribution in [1.29, 1.82) is 5.26 Å². The summed E-state index contributed by atoms with van der Waals surface area (Å²) in [5.41, 5.74) is 2.16. The smallest absolute Gasteiger partial charge is 0.214 e. The zero-order valence-electron chi connectivity index (χ0n) is 14.8. The molecule has 1 aromatic carbocycles. The second kappa shape index (κ2) is 7.89. The monoisotopic (exact) mass is 390 g/mol. The number of benzene rings is 1. The van der Waals surface area contributed by atoms with Crippen LogP contribution in [0.25, 0.3) is 10.4 Å². The molecule has 0 bridgehead atoms. The maximum absolute atomic E-state index is 12.3. The summed E-state index contributed by atoms with van der Waals surface area (Å²) in [5.74, 6) is 0.0873. The fourth-order valence-electron chi connectivity index (χ4n) is 3.05. The molecule has 2 aromatic rings. The molecule has 1 aliphatic rings. The molecule has 0 unspecified atom stereocenters. The number of nitrogens with zero attached hydrogens (tertiary/aromatic N) is 1. The topological polar surface area (TPSA) is 79.2 Å². The number of hydrogen-bond acceptors (Lipinski definition) is 5. The first kappa shape index (κ1) is 19.1. The third-order valence-corrected chi connectivity index (χ3v) is 7.54. The van der Waals surface area contributed by atoms with Gasteiger partial charge in [0.2, 0.25) is 10.0 Å². The molecule has 1 aliphatic heterocycles. The van der Waals surface area contributed by atoms with E-state index in [9.17, 15) is 8.42 Å². The van der Waals surface area contributed by atoms with Gasteiger partial charge in [-0.25, -0.2) is 13.1 Å². The first-order chi connectivity index (χ1) is 12.4. The summed E-state index contributed by atoms with van der Waals surface area (Å²) in [5, 5.41) is 8.49. The SMILES string of the molecule is CC(C)S(=O)(=O)N[C@H]1COCC[C@@H]1c1ccc(-c2ccc(C#N)s2)cc1. The van der Waals surface area contributed by atoms with Crippen LogP contribution in [0, 0.1) is 11.3 Å². The Bertz CT molecular complexity index is 896. The van der Waals surface area contributed by atoms with Gasteiger partial charge in [-0.05, 0) is 43.5 Å². The van der Waals surface area contributed by atoms with Crippen molar-refractivity contribution in [2.75, 3.05) is 13.2 Å². The highest BCUT2D eigenvalue weighted by molar-refractivity contribution is 7.90. The summed E-state index contributed by atoms with van der Waals surface area (Å²) in [7, 11) is -3.35. The lowest BCUT2D eigenvalue weighted by Crippen LogP contribution is -2.47. The Hall–Kier alpha value is -1.72. The fraction of sp³-hybridized carbons (Fsp3) is 0.421. The third-order valence-electron chi connectivity index (χ3n) is 4.63. The molecule has 5 nitrogen and oxygen atoms in total. The maximum atomic E-state index is 12.3. The number of ether oxygens (including phenoxy) is 1. The van der Waals surface area contributed by atoms with Crippen LogP contribution in [0.15, 0.2) is 36.4 Å². The number of nitrogens with one attached hydrogen (secondary N) is 1. The number of nitriles is 1. The molecule has 0 radical (unpaired) electrons. The summed E-state index contributed by atoms with van der Waals surface area (Å²) in [4.78, 5) is 1.74. The van der Waals surface area contributed by atoms with Crippen molar-refractivity contribution in [2.24, 2.45) is 0 Å². The van der Waals surface area contributed by atoms with Gasteiger partial charge in [0, 0.05) is 17.4 Å². The first-order valence-electron chi connectivity index (χ1n) is 8.60. The van der Waals surface area contributed by atoms with E-state index in [0.29, 0.717) is 18.1 Å². The highest BCUT2D eigenvalue weighted by Gasteiger charge is 2.31. The fourth-order valence-corrected chi connectivity index (χ4v) is 4.78.